The van der Waals surface area contributed by atoms with Crippen LogP contribution in [-0.2, 0) is 12.1 Å². The topological polar surface area (TPSA) is 47.9 Å². The molecular formula is C19H25N3O. The maximum atomic E-state index is 10.7. The SMILES string of the molecule is CN(C)C(=NCc1ccccc1)NCC(C)(O)c1ccccc1. The van der Waals surface area contributed by atoms with Gasteiger partial charge in [-0.1, -0.05) is 60.7 Å². The van der Waals surface area contributed by atoms with E-state index >= 15 is 0 Å². The Morgan fingerprint density at radius 2 is 1.61 bits per heavy atom. The Kier molecular flexibility index (Phi) is 5.77. The summed E-state index contributed by atoms with van der Waals surface area (Å²) < 4.78 is 0. The van der Waals surface area contributed by atoms with E-state index in [9.17, 15) is 5.11 Å². The zero-order chi connectivity index (χ0) is 16.7. The number of nitrogens with zero attached hydrogens (tertiary/aromatic N) is 2. The lowest BCUT2D eigenvalue weighted by Crippen LogP contribution is -2.44. The largest absolute Gasteiger partial charge is 0.384 e. The Morgan fingerprint density at radius 1 is 1.04 bits per heavy atom. The molecule has 2 N–H and O–H groups in total. The highest BCUT2D eigenvalue weighted by molar-refractivity contribution is 5.79. The van der Waals surface area contributed by atoms with Crippen LogP contribution in [-0.4, -0.2) is 36.6 Å². The Morgan fingerprint density at radius 3 is 2.17 bits per heavy atom. The molecule has 0 radical (unpaired) electrons. The van der Waals surface area contributed by atoms with Crippen molar-refractivity contribution < 1.29 is 5.11 Å². The second kappa shape index (κ2) is 7.79. The van der Waals surface area contributed by atoms with Gasteiger partial charge in [0, 0.05) is 14.1 Å². The van der Waals surface area contributed by atoms with Gasteiger partial charge in [-0.3, -0.25) is 0 Å². The van der Waals surface area contributed by atoms with E-state index in [1.807, 2.05) is 67.5 Å². The second-order valence-electron chi connectivity index (χ2n) is 6.01. The molecule has 0 bridgehead atoms. The van der Waals surface area contributed by atoms with Crippen molar-refractivity contribution in [2.45, 2.75) is 19.1 Å². The minimum absolute atomic E-state index is 0.392. The number of hydrogen-bond acceptors (Lipinski definition) is 2. The summed E-state index contributed by atoms with van der Waals surface area (Å²) in [5.74, 6) is 0.755. The fourth-order valence-corrected chi connectivity index (χ4v) is 2.26. The summed E-state index contributed by atoms with van der Waals surface area (Å²) in [5.41, 5.74) is 1.09. The summed E-state index contributed by atoms with van der Waals surface area (Å²) in [5, 5.41) is 13.9. The van der Waals surface area contributed by atoms with Crippen molar-refractivity contribution in [2.24, 2.45) is 4.99 Å². The fourth-order valence-electron chi connectivity index (χ4n) is 2.26. The third-order valence-corrected chi connectivity index (χ3v) is 3.66. The van der Waals surface area contributed by atoms with Gasteiger partial charge in [0.2, 0.25) is 0 Å². The first-order valence-corrected chi connectivity index (χ1v) is 7.76. The molecule has 0 aliphatic carbocycles. The average Bonchev–Trinajstić information content (AvgIpc) is 2.56. The van der Waals surface area contributed by atoms with Crippen molar-refractivity contribution in [2.75, 3.05) is 20.6 Å². The van der Waals surface area contributed by atoms with Gasteiger partial charge in [-0.15, -0.1) is 0 Å². The maximum absolute atomic E-state index is 10.7. The van der Waals surface area contributed by atoms with Crippen molar-refractivity contribution in [3.8, 4) is 0 Å². The van der Waals surface area contributed by atoms with Crippen LogP contribution in [0.4, 0.5) is 0 Å². The molecule has 0 amide bonds. The number of aliphatic imine (C=N–C) groups is 1. The van der Waals surface area contributed by atoms with Crippen molar-refractivity contribution in [1.82, 2.24) is 10.2 Å². The van der Waals surface area contributed by atoms with Gasteiger partial charge in [-0.25, -0.2) is 4.99 Å². The number of benzene rings is 2. The summed E-state index contributed by atoms with van der Waals surface area (Å²) in [4.78, 5) is 6.53. The smallest absolute Gasteiger partial charge is 0.193 e. The molecule has 4 heteroatoms. The molecule has 0 saturated heterocycles. The molecule has 2 aromatic carbocycles. The second-order valence-corrected chi connectivity index (χ2v) is 6.01. The molecule has 2 rings (SSSR count). The van der Waals surface area contributed by atoms with Crippen molar-refractivity contribution in [1.29, 1.82) is 0 Å². The van der Waals surface area contributed by atoms with Crippen LogP contribution in [0.3, 0.4) is 0 Å². The Balaban J connectivity index is 2.02. The van der Waals surface area contributed by atoms with Crippen LogP contribution >= 0.6 is 0 Å². The minimum atomic E-state index is -0.954. The van der Waals surface area contributed by atoms with E-state index < -0.39 is 5.60 Å². The first-order valence-electron chi connectivity index (χ1n) is 7.76. The summed E-state index contributed by atoms with van der Waals surface area (Å²) in [7, 11) is 3.88. The Hall–Kier alpha value is -2.33. The van der Waals surface area contributed by atoms with E-state index in [4.69, 9.17) is 0 Å². The first kappa shape index (κ1) is 17.0. The first-order chi connectivity index (χ1) is 11.0. The molecule has 0 saturated carbocycles. The van der Waals surface area contributed by atoms with Gasteiger partial charge in [0.15, 0.2) is 5.96 Å². The lowest BCUT2D eigenvalue weighted by atomic mass is 9.96. The van der Waals surface area contributed by atoms with E-state index in [2.05, 4.69) is 22.4 Å². The highest BCUT2D eigenvalue weighted by Crippen LogP contribution is 2.18. The minimum Gasteiger partial charge on any atom is -0.384 e. The van der Waals surface area contributed by atoms with Crippen LogP contribution in [0.5, 0.6) is 0 Å². The summed E-state index contributed by atoms with van der Waals surface area (Å²) in [6.07, 6.45) is 0. The number of nitrogens with one attached hydrogen (secondary N) is 1. The van der Waals surface area contributed by atoms with Gasteiger partial charge in [0.25, 0.3) is 0 Å². The molecule has 0 aliphatic rings. The predicted octanol–water partition coefficient (Wildman–Crippen LogP) is 2.60. The molecule has 1 atom stereocenters. The number of aliphatic hydroxyl groups is 1. The molecule has 23 heavy (non-hydrogen) atoms. The van der Waals surface area contributed by atoms with Crippen LogP contribution in [0.25, 0.3) is 0 Å². The molecule has 122 valence electrons. The Labute approximate surface area is 138 Å². The number of guanidine groups is 1. The third-order valence-electron chi connectivity index (χ3n) is 3.66. The van der Waals surface area contributed by atoms with Gasteiger partial charge in [0.1, 0.15) is 5.60 Å². The van der Waals surface area contributed by atoms with Crippen molar-refractivity contribution >= 4 is 5.96 Å². The van der Waals surface area contributed by atoms with Crippen LogP contribution < -0.4 is 5.32 Å². The zero-order valence-corrected chi connectivity index (χ0v) is 14.0. The highest BCUT2D eigenvalue weighted by atomic mass is 16.3. The molecule has 1 unspecified atom stereocenters. The normalized spacial score (nSPS) is 14.2. The van der Waals surface area contributed by atoms with E-state index in [1.165, 1.54) is 0 Å². The monoisotopic (exact) mass is 311 g/mol. The van der Waals surface area contributed by atoms with E-state index in [-0.39, 0.29) is 0 Å². The lowest BCUT2D eigenvalue weighted by molar-refractivity contribution is 0.0612. The summed E-state index contributed by atoms with van der Waals surface area (Å²) in [6.45, 7) is 2.80. The van der Waals surface area contributed by atoms with Gasteiger partial charge in [-0.05, 0) is 18.1 Å². The molecule has 2 aromatic rings. The third kappa shape index (κ3) is 5.11. The van der Waals surface area contributed by atoms with Gasteiger partial charge < -0.3 is 15.3 Å². The van der Waals surface area contributed by atoms with Crippen molar-refractivity contribution in [3.05, 3.63) is 71.8 Å². The van der Waals surface area contributed by atoms with Crippen LogP contribution in [0.2, 0.25) is 0 Å². The zero-order valence-electron chi connectivity index (χ0n) is 14.0. The van der Waals surface area contributed by atoms with Crippen LogP contribution in [0.15, 0.2) is 65.7 Å². The molecule has 0 aliphatic heterocycles. The summed E-state index contributed by atoms with van der Waals surface area (Å²) >= 11 is 0. The van der Waals surface area contributed by atoms with Crippen molar-refractivity contribution in [3.63, 3.8) is 0 Å². The number of rotatable bonds is 5. The molecule has 0 fully saturated rings. The van der Waals surface area contributed by atoms with E-state index in [0.29, 0.717) is 13.1 Å². The molecular weight excluding hydrogens is 286 g/mol. The van der Waals surface area contributed by atoms with Gasteiger partial charge >= 0.3 is 0 Å². The van der Waals surface area contributed by atoms with Crippen LogP contribution in [0, 0.1) is 0 Å². The van der Waals surface area contributed by atoms with Crippen LogP contribution in [0.1, 0.15) is 18.1 Å². The quantitative estimate of drug-likeness (QED) is 0.659. The van der Waals surface area contributed by atoms with Gasteiger partial charge in [-0.2, -0.15) is 0 Å². The lowest BCUT2D eigenvalue weighted by Gasteiger charge is -2.27. The van der Waals surface area contributed by atoms with E-state index in [1.54, 1.807) is 6.92 Å². The summed E-state index contributed by atoms with van der Waals surface area (Å²) in [6, 6.07) is 19.8. The average molecular weight is 311 g/mol. The predicted molar refractivity (Wildman–Crippen MR) is 95.3 cm³/mol. The standard InChI is InChI=1S/C19H25N3O/c1-19(23,17-12-8-5-9-13-17)15-21-18(22(2)3)20-14-16-10-6-4-7-11-16/h4-13,23H,14-15H2,1-3H3,(H,20,21). The van der Waals surface area contributed by atoms with E-state index in [0.717, 1.165) is 17.1 Å². The Bertz CT molecular complexity index is 622. The fraction of sp³-hybridized carbons (Fsp3) is 0.316. The number of hydrogen-bond donors (Lipinski definition) is 2. The molecule has 0 aromatic heterocycles. The molecule has 4 nitrogen and oxygen atoms in total. The maximum Gasteiger partial charge on any atom is 0.193 e. The molecule has 0 heterocycles. The highest BCUT2D eigenvalue weighted by Gasteiger charge is 2.23. The molecule has 0 spiro atoms. The van der Waals surface area contributed by atoms with Gasteiger partial charge in [0.05, 0.1) is 13.1 Å².